The van der Waals surface area contributed by atoms with E-state index in [0.29, 0.717) is 0 Å². The van der Waals surface area contributed by atoms with Crippen LogP contribution in [-0.4, -0.2) is 23.8 Å². The average Bonchev–Trinajstić information content (AvgIpc) is 2.62. The first-order valence-electron chi connectivity index (χ1n) is 7.62. The monoisotopic (exact) mass is 362 g/mol. The lowest BCUT2D eigenvalue weighted by molar-refractivity contribution is -0.146. The number of benzene rings is 2. The summed E-state index contributed by atoms with van der Waals surface area (Å²) in [7, 11) is 0. The molecule has 0 fully saturated rings. The van der Waals surface area contributed by atoms with Gasteiger partial charge in [0.1, 0.15) is 12.6 Å². The third kappa shape index (κ3) is 5.10. The van der Waals surface area contributed by atoms with Crippen LogP contribution in [0.3, 0.4) is 0 Å². The molecule has 1 atom stereocenters. The van der Waals surface area contributed by atoms with Crippen molar-refractivity contribution in [1.82, 2.24) is 5.32 Å². The predicted octanol–water partition coefficient (Wildman–Crippen LogP) is 1.68. The van der Waals surface area contributed by atoms with Gasteiger partial charge in [0.15, 0.2) is 11.6 Å². The van der Waals surface area contributed by atoms with Crippen LogP contribution in [0.25, 0.3) is 0 Å². The highest BCUT2D eigenvalue weighted by molar-refractivity contribution is 5.98. The molecule has 0 aliphatic carbocycles. The number of carbonyl (C=O) groups is 3. The van der Waals surface area contributed by atoms with E-state index in [1.54, 1.807) is 30.3 Å². The molecule has 0 aromatic heterocycles. The van der Waals surface area contributed by atoms with Crippen molar-refractivity contribution in [2.24, 2.45) is 5.73 Å². The van der Waals surface area contributed by atoms with Crippen molar-refractivity contribution < 1.29 is 27.9 Å². The topological polar surface area (TPSA) is 98.5 Å². The van der Waals surface area contributed by atoms with Gasteiger partial charge in [-0.2, -0.15) is 0 Å². The molecular formula is C18H16F2N2O4. The van der Waals surface area contributed by atoms with E-state index in [1.807, 2.05) is 0 Å². The minimum absolute atomic E-state index is 0.0162. The maximum atomic E-state index is 13.6. The zero-order valence-electron chi connectivity index (χ0n) is 13.6. The van der Waals surface area contributed by atoms with Crippen molar-refractivity contribution in [2.45, 2.75) is 19.1 Å². The quantitative estimate of drug-likeness (QED) is 0.732. The van der Waals surface area contributed by atoms with Gasteiger partial charge >= 0.3 is 5.97 Å². The maximum absolute atomic E-state index is 13.6. The zero-order valence-corrected chi connectivity index (χ0v) is 13.6. The van der Waals surface area contributed by atoms with Gasteiger partial charge in [-0.1, -0.05) is 36.4 Å². The number of amides is 2. The second-order valence-corrected chi connectivity index (χ2v) is 5.38. The first-order valence-corrected chi connectivity index (χ1v) is 7.62. The second-order valence-electron chi connectivity index (χ2n) is 5.38. The van der Waals surface area contributed by atoms with Gasteiger partial charge in [-0.25, -0.2) is 8.78 Å². The molecule has 136 valence electrons. The molecule has 0 radical (unpaired) electrons. The van der Waals surface area contributed by atoms with Crippen molar-refractivity contribution >= 4 is 17.8 Å². The van der Waals surface area contributed by atoms with E-state index in [4.69, 9.17) is 10.5 Å². The van der Waals surface area contributed by atoms with Crippen LogP contribution in [0, 0.1) is 11.6 Å². The van der Waals surface area contributed by atoms with E-state index in [0.717, 1.165) is 23.8 Å². The molecule has 2 rings (SSSR count). The highest BCUT2D eigenvalue weighted by Crippen LogP contribution is 2.12. The third-order valence-electron chi connectivity index (χ3n) is 3.46. The van der Waals surface area contributed by atoms with Gasteiger partial charge < -0.3 is 15.8 Å². The highest BCUT2D eigenvalue weighted by Gasteiger charge is 2.25. The van der Waals surface area contributed by atoms with Crippen LogP contribution in [0.4, 0.5) is 8.78 Å². The first kappa shape index (κ1) is 19.0. The lowest BCUT2D eigenvalue weighted by atomic mass is 10.1. The fraction of sp³-hybridized carbons (Fsp3) is 0.167. The molecule has 0 unspecified atom stereocenters. The van der Waals surface area contributed by atoms with Crippen LogP contribution in [0.15, 0.2) is 48.5 Å². The lowest BCUT2D eigenvalue weighted by Crippen LogP contribution is -2.46. The molecule has 8 heteroatoms. The normalized spacial score (nSPS) is 11.5. The summed E-state index contributed by atoms with van der Waals surface area (Å²) in [6.07, 6.45) is -0.537. The molecule has 2 aromatic carbocycles. The van der Waals surface area contributed by atoms with Crippen LogP contribution >= 0.6 is 0 Å². The fourth-order valence-electron chi connectivity index (χ4n) is 2.10. The van der Waals surface area contributed by atoms with Crippen LogP contribution in [0.1, 0.15) is 22.3 Å². The molecular weight excluding hydrogens is 346 g/mol. The van der Waals surface area contributed by atoms with E-state index in [1.165, 1.54) is 0 Å². The molecule has 0 heterocycles. The number of carbonyl (C=O) groups excluding carboxylic acids is 3. The number of nitrogens with two attached hydrogens (primary N) is 1. The van der Waals surface area contributed by atoms with Crippen molar-refractivity contribution in [1.29, 1.82) is 0 Å². The summed E-state index contributed by atoms with van der Waals surface area (Å²) in [6.45, 7) is -0.0162. The molecule has 0 aliphatic heterocycles. The smallest absolute Gasteiger partial charge is 0.308 e. The standard InChI is InChI=1S/C18H16F2N2O4/c19-13-8-4-7-12(16(13)20)18(25)22-14(17(21)24)9-15(23)26-10-11-5-2-1-3-6-11/h1-8,14H,9-10H2,(H2,21,24)(H,22,25)/t14-/m0/s1. The minimum Gasteiger partial charge on any atom is -0.461 e. The van der Waals surface area contributed by atoms with E-state index in [2.05, 4.69) is 5.32 Å². The summed E-state index contributed by atoms with van der Waals surface area (Å²) in [5, 5.41) is 2.11. The Bertz CT molecular complexity index is 812. The number of ether oxygens (including phenoxy) is 1. The summed E-state index contributed by atoms with van der Waals surface area (Å²) < 4.78 is 31.8. The Morgan fingerprint density at radius 3 is 2.38 bits per heavy atom. The van der Waals surface area contributed by atoms with Gasteiger partial charge in [0.25, 0.3) is 5.91 Å². The number of primary amides is 1. The molecule has 3 N–H and O–H groups in total. The Hall–Kier alpha value is -3.29. The number of esters is 1. The Balaban J connectivity index is 1.97. The summed E-state index contributed by atoms with van der Waals surface area (Å²) >= 11 is 0. The number of hydrogen-bond donors (Lipinski definition) is 2. The van der Waals surface area contributed by atoms with Gasteiger partial charge in [0.2, 0.25) is 5.91 Å². The molecule has 0 saturated heterocycles. The summed E-state index contributed by atoms with van der Waals surface area (Å²) in [6, 6.07) is 10.4. The SMILES string of the molecule is NC(=O)[C@H](CC(=O)OCc1ccccc1)NC(=O)c1cccc(F)c1F. The molecule has 0 saturated carbocycles. The Labute approximate surface area is 147 Å². The highest BCUT2D eigenvalue weighted by atomic mass is 19.2. The van der Waals surface area contributed by atoms with E-state index < -0.39 is 47.4 Å². The molecule has 26 heavy (non-hydrogen) atoms. The first-order chi connectivity index (χ1) is 12.4. The lowest BCUT2D eigenvalue weighted by Gasteiger charge is -2.15. The summed E-state index contributed by atoms with van der Waals surface area (Å²) in [5.41, 5.74) is 5.29. The van der Waals surface area contributed by atoms with Gasteiger partial charge in [-0.3, -0.25) is 14.4 Å². The number of hydrogen-bond acceptors (Lipinski definition) is 4. The van der Waals surface area contributed by atoms with E-state index in [-0.39, 0.29) is 6.61 Å². The van der Waals surface area contributed by atoms with Crippen molar-refractivity contribution in [3.63, 3.8) is 0 Å². The Morgan fingerprint density at radius 1 is 1.04 bits per heavy atom. The number of nitrogens with one attached hydrogen (secondary N) is 1. The van der Waals surface area contributed by atoms with E-state index in [9.17, 15) is 23.2 Å². The fourth-order valence-corrected chi connectivity index (χ4v) is 2.10. The van der Waals surface area contributed by atoms with Gasteiger partial charge in [0.05, 0.1) is 12.0 Å². The Morgan fingerprint density at radius 2 is 1.73 bits per heavy atom. The zero-order chi connectivity index (χ0) is 19.1. The van der Waals surface area contributed by atoms with Crippen molar-refractivity contribution in [3.8, 4) is 0 Å². The van der Waals surface area contributed by atoms with Crippen LogP contribution in [0.5, 0.6) is 0 Å². The molecule has 0 aliphatic rings. The van der Waals surface area contributed by atoms with Crippen LogP contribution < -0.4 is 11.1 Å². The number of halogens is 2. The summed E-state index contributed by atoms with van der Waals surface area (Å²) in [5.74, 6) is -5.43. The third-order valence-corrected chi connectivity index (χ3v) is 3.46. The molecule has 0 spiro atoms. The molecule has 2 amide bonds. The molecule has 2 aromatic rings. The minimum atomic E-state index is -1.42. The van der Waals surface area contributed by atoms with E-state index >= 15 is 0 Å². The van der Waals surface area contributed by atoms with Crippen molar-refractivity contribution in [2.75, 3.05) is 0 Å². The van der Waals surface area contributed by atoms with Crippen LogP contribution in [-0.2, 0) is 20.9 Å². The largest absolute Gasteiger partial charge is 0.461 e. The van der Waals surface area contributed by atoms with Gasteiger partial charge in [-0.15, -0.1) is 0 Å². The Kier molecular flexibility index (Phi) is 6.37. The van der Waals surface area contributed by atoms with Crippen molar-refractivity contribution in [3.05, 3.63) is 71.3 Å². The summed E-state index contributed by atoms with van der Waals surface area (Å²) in [4.78, 5) is 35.3. The molecule has 0 bridgehead atoms. The second kappa shape index (κ2) is 8.70. The maximum Gasteiger partial charge on any atom is 0.308 e. The predicted molar refractivity (Wildman–Crippen MR) is 87.7 cm³/mol. The number of rotatable bonds is 7. The van der Waals surface area contributed by atoms with Crippen LogP contribution in [0.2, 0.25) is 0 Å². The van der Waals surface area contributed by atoms with Gasteiger partial charge in [-0.05, 0) is 17.7 Å². The average molecular weight is 362 g/mol. The molecule has 6 nitrogen and oxygen atoms in total. The van der Waals surface area contributed by atoms with Gasteiger partial charge in [0, 0.05) is 0 Å².